The Kier molecular flexibility index (Phi) is 7.04. The number of nitrogens with zero attached hydrogens (tertiary/aromatic N) is 2. The van der Waals surface area contributed by atoms with E-state index in [1.807, 2.05) is 29.6 Å². The van der Waals surface area contributed by atoms with Crippen LogP contribution in [0.5, 0.6) is 0 Å². The van der Waals surface area contributed by atoms with Crippen LogP contribution in [0.25, 0.3) is 10.6 Å². The Balaban J connectivity index is 1.32. The third-order valence-corrected chi connectivity index (χ3v) is 5.16. The fraction of sp³-hybridized carbons (Fsp3) is 0.286. The maximum absolute atomic E-state index is 12.8. The van der Waals surface area contributed by atoms with E-state index in [0.29, 0.717) is 19.4 Å². The second-order valence-electron chi connectivity index (χ2n) is 6.31. The van der Waals surface area contributed by atoms with Crippen LogP contribution < -0.4 is 5.32 Å². The molecular formula is C21H22FN3OS. The van der Waals surface area contributed by atoms with Gasteiger partial charge in [-0.2, -0.15) is 0 Å². The van der Waals surface area contributed by atoms with Gasteiger partial charge in [-0.15, -0.1) is 11.3 Å². The van der Waals surface area contributed by atoms with Crippen LogP contribution in [0.15, 0.2) is 54.2 Å². The van der Waals surface area contributed by atoms with Crippen molar-refractivity contribution in [2.24, 2.45) is 0 Å². The highest BCUT2D eigenvalue weighted by Gasteiger charge is 2.07. The quantitative estimate of drug-likeness (QED) is 0.557. The molecule has 3 rings (SSSR count). The van der Waals surface area contributed by atoms with Crippen LogP contribution in [-0.4, -0.2) is 22.4 Å². The van der Waals surface area contributed by atoms with Crippen LogP contribution in [0.2, 0.25) is 0 Å². The van der Waals surface area contributed by atoms with Crippen molar-refractivity contribution in [1.29, 1.82) is 0 Å². The number of pyridine rings is 1. The first-order valence-corrected chi connectivity index (χ1v) is 9.94. The summed E-state index contributed by atoms with van der Waals surface area (Å²) in [5.41, 5.74) is 3.11. The number of rotatable bonds is 9. The van der Waals surface area contributed by atoms with Crippen LogP contribution in [-0.2, 0) is 17.6 Å². The molecule has 0 atom stereocenters. The van der Waals surface area contributed by atoms with Gasteiger partial charge < -0.3 is 5.32 Å². The molecule has 2 aromatic heterocycles. The minimum absolute atomic E-state index is 0.0512. The molecule has 1 N–H and O–H groups in total. The average molecular weight is 383 g/mol. The third kappa shape index (κ3) is 6.25. The Bertz CT molecular complexity index is 849. The zero-order valence-electron chi connectivity index (χ0n) is 15.0. The van der Waals surface area contributed by atoms with Crippen molar-refractivity contribution in [3.8, 4) is 10.6 Å². The summed E-state index contributed by atoms with van der Waals surface area (Å²) in [6.07, 6.45) is 7.35. The molecule has 6 heteroatoms. The van der Waals surface area contributed by atoms with Gasteiger partial charge in [-0.05, 0) is 55.5 Å². The van der Waals surface area contributed by atoms with Crippen LogP contribution in [0, 0.1) is 5.82 Å². The van der Waals surface area contributed by atoms with Gasteiger partial charge >= 0.3 is 0 Å². The molecule has 140 valence electrons. The third-order valence-electron chi connectivity index (χ3n) is 4.21. The summed E-state index contributed by atoms with van der Waals surface area (Å²) in [5, 5.41) is 5.91. The molecule has 0 spiro atoms. The Morgan fingerprint density at radius 2 is 1.81 bits per heavy atom. The molecule has 27 heavy (non-hydrogen) atoms. The number of unbranched alkanes of at least 4 members (excludes halogenated alkanes) is 1. The van der Waals surface area contributed by atoms with E-state index in [4.69, 9.17) is 0 Å². The zero-order valence-corrected chi connectivity index (χ0v) is 15.8. The molecule has 0 aliphatic carbocycles. The number of thiazole rings is 1. The molecule has 2 heterocycles. The SMILES string of the molecule is O=C(CCc1csc(-c2ccncc2)n1)NCCCCc1ccc(F)cc1. The van der Waals surface area contributed by atoms with Gasteiger partial charge in [-0.25, -0.2) is 9.37 Å². The number of nitrogens with one attached hydrogen (secondary N) is 1. The highest BCUT2D eigenvalue weighted by molar-refractivity contribution is 7.13. The Morgan fingerprint density at radius 1 is 1.04 bits per heavy atom. The molecule has 0 radical (unpaired) electrons. The van der Waals surface area contributed by atoms with Crippen molar-refractivity contribution in [2.45, 2.75) is 32.1 Å². The van der Waals surface area contributed by atoms with Crippen LogP contribution in [0.4, 0.5) is 4.39 Å². The van der Waals surface area contributed by atoms with Crippen molar-refractivity contribution >= 4 is 17.2 Å². The van der Waals surface area contributed by atoms with Crippen molar-refractivity contribution in [2.75, 3.05) is 6.54 Å². The van der Waals surface area contributed by atoms with E-state index in [1.54, 1.807) is 23.7 Å². The summed E-state index contributed by atoms with van der Waals surface area (Å²) in [6.45, 7) is 0.666. The first-order chi connectivity index (χ1) is 13.2. The molecular weight excluding hydrogens is 361 g/mol. The summed E-state index contributed by atoms with van der Waals surface area (Å²) in [7, 11) is 0. The molecule has 3 aromatic rings. The van der Waals surface area contributed by atoms with Gasteiger partial charge in [0.2, 0.25) is 5.91 Å². The molecule has 4 nitrogen and oxygen atoms in total. The van der Waals surface area contributed by atoms with E-state index in [0.717, 1.165) is 41.1 Å². The lowest BCUT2D eigenvalue weighted by molar-refractivity contribution is -0.121. The van der Waals surface area contributed by atoms with E-state index in [1.165, 1.54) is 12.1 Å². The van der Waals surface area contributed by atoms with E-state index in [-0.39, 0.29) is 11.7 Å². The minimum atomic E-state index is -0.209. The molecule has 0 saturated heterocycles. The van der Waals surface area contributed by atoms with Crippen LogP contribution in [0.1, 0.15) is 30.5 Å². The van der Waals surface area contributed by atoms with E-state index < -0.39 is 0 Å². The number of benzene rings is 1. The maximum atomic E-state index is 12.8. The monoisotopic (exact) mass is 383 g/mol. The standard InChI is InChI=1S/C21H22FN3OS/c22-18-6-4-16(5-7-18)3-1-2-12-24-20(26)9-8-19-15-27-21(25-19)17-10-13-23-14-11-17/h4-7,10-11,13-15H,1-3,8-9,12H2,(H,24,26). The van der Waals surface area contributed by atoms with Gasteiger partial charge in [0, 0.05) is 36.3 Å². The molecule has 0 aliphatic rings. The van der Waals surface area contributed by atoms with Crippen molar-refractivity contribution in [3.63, 3.8) is 0 Å². The molecule has 0 fully saturated rings. The molecule has 0 bridgehead atoms. The lowest BCUT2D eigenvalue weighted by Crippen LogP contribution is -2.24. The summed E-state index contributed by atoms with van der Waals surface area (Å²) < 4.78 is 12.8. The van der Waals surface area contributed by atoms with Gasteiger partial charge in [0.05, 0.1) is 5.69 Å². The number of carbonyl (C=O) groups is 1. The lowest BCUT2D eigenvalue weighted by Gasteiger charge is -2.05. The topological polar surface area (TPSA) is 54.9 Å². The number of aryl methyl sites for hydroxylation is 2. The average Bonchev–Trinajstić information content (AvgIpc) is 3.17. The number of amides is 1. The second kappa shape index (κ2) is 9.92. The Labute approximate surface area is 162 Å². The summed E-state index contributed by atoms with van der Waals surface area (Å²) >= 11 is 1.58. The van der Waals surface area contributed by atoms with E-state index in [9.17, 15) is 9.18 Å². The van der Waals surface area contributed by atoms with Crippen LogP contribution in [0.3, 0.4) is 0 Å². The van der Waals surface area contributed by atoms with Gasteiger partial charge in [-0.1, -0.05) is 12.1 Å². The fourth-order valence-corrected chi connectivity index (χ4v) is 3.57. The summed E-state index contributed by atoms with van der Waals surface area (Å²) in [6, 6.07) is 10.4. The van der Waals surface area contributed by atoms with Gasteiger partial charge in [-0.3, -0.25) is 9.78 Å². The summed E-state index contributed by atoms with van der Waals surface area (Å²) in [4.78, 5) is 20.6. The molecule has 0 saturated carbocycles. The molecule has 0 unspecified atom stereocenters. The zero-order chi connectivity index (χ0) is 18.9. The smallest absolute Gasteiger partial charge is 0.220 e. The lowest BCUT2D eigenvalue weighted by atomic mass is 10.1. The first-order valence-electron chi connectivity index (χ1n) is 9.06. The predicted molar refractivity (Wildman–Crippen MR) is 106 cm³/mol. The van der Waals surface area contributed by atoms with Gasteiger partial charge in [0.15, 0.2) is 0 Å². The maximum Gasteiger partial charge on any atom is 0.220 e. The number of carbonyl (C=O) groups excluding carboxylic acids is 1. The normalized spacial score (nSPS) is 10.7. The highest BCUT2D eigenvalue weighted by Crippen LogP contribution is 2.23. The van der Waals surface area contributed by atoms with Crippen LogP contribution >= 0.6 is 11.3 Å². The molecule has 0 aliphatic heterocycles. The second-order valence-corrected chi connectivity index (χ2v) is 7.17. The predicted octanol–water partition coefficient (Wildman–Crippen LogP) is 4.42. The van der Waals surface area contributed by atoms with Crippen molar-refractivity contribution < 1.29 is 9.18 Å². The largest absolute Gasteiger partial charge is 0.356 e. The molecule has 1 amide bonds. The fourth-order valence-electron chi connectivity index (χ4n) is 2.71. The van der Waals surface area contributed by atoms with E-state index >= 15 is 0 Å². The number of hydrogen-bond acceptors (Lipinski definition) is 4. The number of halogens is 1. The summed E-state index contributed by atoms with van der Waals surface area (Å²) in [5.74, 6) is -0.158. The molecule has 1 aromatic carbocycles. The van der Waals surface area contributed by atoms with Crippen molar-refractivity contribution in [1.82, 2.24) is 15.3 Å². The number of hydrogen-bond donors (Lipinski definition) is 1. The van der Waals surface area contributed by atoms with Crippen molar-refractivity contribution in [3.05, 3.63) is 71.2 Å². The van der Waals surface area contributed by atoms with Gasteiger partial charge in [0.25, 0.3) is 0 Å². The minimum Gasteiger partial charge on any atom is -0.356 e. The first kappa shape index (κ1) is 19.2. The Hall–Kier alpha value is -2.60. The van der Waals surface area contributed by atoms with E-state index in [2.05, 4.69) is 15.3 Å². The number of aromatic nitrogens is 2. The Morgan fingerprint density at radius 3 is 2.59 bits per heavy atom. The highest BCUT2D eigenvalue weighted by atomic mass is 32.1. The van der Waals surface area contributed by atoms with Gasteiger partial charge in [0.1, 0.15) is 10.8 Å².